The van der Waals surface area contributed by atoms with Gasteiger partial charge in [-0.1, -0.05) is 78.3 Å². The lowest BCUT2D eigenvalue weighted by atomic mass is 10.1. The minimum atomic E-state index is 0.737. The summed E-state index contributed by atoms with van der Waals surface area (Å²) in [5, 5.41) is 5.28. The van der Waals surface area contributed by atoms with E-state index in [0.717, 1.165) is 57.2 Å². The fourth-order valence-electron chi connectivity index (χ4n) is 3.93. The number of hydrogen-bond acceptors (Lipinski definition) is 3. The van der Waals surface area contributed by atoms with Crippen LogP contribution in [0.5, 0.6) is 0 Å². The third-order valence-corrected chi connectivity index (χ3v) is 6.06. The summed E-state index contributed by atoms with van der Waals surface area (Å²) in [4.78, 5) is 9.25. The number of rotatable bonds is 6. The summed E-state index contributed by atoms with van der Waals surface area (Å²) in [6, 6.07) is 26.9. The van der Waals surface area contributed by atoms with E-state index in [4.69, 9.17) is 11.6 Å². The van der Waals surface area contributed by atoms with E-state index < -0.39 is 0 Å². The second kappa shape index (κ2) is 8.85. The van der Waals surface area contributed by atoms with E-state index in [1.54, 1.807) is 6.33 Å². The first-order chi connectivity index (χ1) is 15.7. The number of benzene rings is 3. The molecule has 2 heterocycles. The average molecular weight is 439 g/mol. The molecule has 0 saturated carbocycles. The first-order valence-electron chi connectivity index (χ1n) is 10.7. The molecule has 5 heteroatoms. The quantitative estimate of drug-likeness (QED) is 0.320. The van der Waals surface area contributed by atoms with Crippen molar-refractivity contribution < 1.29 is 0 Å². The van der Waals surface area contributed by atoms with E-state index in [1.165, 1.54) is 5.56 Å². The Labute approximate surface area is 192 Å². The SMILES string of the molecule is Cc1ccc(-n2cc(-c3ccccc3)c3c(NCCc4ccccc4)ncnc32)cc1Cl. The fourth-order valence-corrected chi connectivity index (χ4v) is 4.11. The van der Waals surface area contributed by atoms with Gasteiger partial charge in [0.1, 0.15) is 12.1 Å². The number of nitrogens with one attached hydrogen (secondary N) is 1. The summed E-state index contributed by atoms with van der Waals surface area (Å²) in [5.74, 6) is 0.835. The molecule has 32 heavy (non-hydrogen) atoms. The number of hydrogen-bond donors (Lipinski definition) is 1. The molecule has 0 bridgehead atoms. The molecule has 158 valence electrons. The van der Waals surface area contributed by atoms with Crippen LogP contribution in [0.4, 0.5) is 5.82 Å². The number of anilines is 1. The topological polar surface area (TPSA) is 42.7 Å². The molecule has 3 aromatic carbocycles. The standard InChI is InChI=1S/C27H23ClN4/c1-19-12-13-22(16-24(19)28)32-17-23(21-10-6-3-7-11-21)25-26(30-18-31-27(25)32)29-15-14-20-8-4-2-5-9-20/h2-13,16-18H,14-15H2,1H3,(H,29,30,31). The molecular formula is C27H23ClN4. The molecule has 0 amide bonds. The first-order valence-corrected chi connectivity index (χ1v) is 11.0. The van der Waals surface area contributed by atoms with E-state index in [1.807, 2.05) is 43.3 Å². The molecule has 0 atom stereocenters. The van der Waals surface area contributed by atoms with Crippen molar-refractivity contribution in [2.24, 2.45) is 0 Å². The minimum absolute atomic E-state index is 0.737. The highest BCUT2D eigenvalue weighted by molar-refractivity contribution is 6.31. The molecule has 0 unspecified atom stereocenters. The van der Waals surface area contributed by atoms with Crippen molar-refractivity contribution in [1.82, 2.24) is 14.5 Å². The zero-order valence-corrected chi connectivity index (χ0v) is 18.6. The maximum absolute atomic E-state index is 6.44. The zero-order chi connectivity index (χ0) is 21.9. The van der Waals surface area contributed by atoms with Crippen LogP contribution < -0.4 is 5.32 Å². The Morgan fingerprint density at radius 2 is 1.66 bits per heavy atom. The number of halogens is 1. The Hall–Kier alpha value is -3.63. The molecule has 0 spiro atoms. The smallest absolute Gasteiger partial charge is 0.150 e. The molecule has 5 aromatic rings. The minimum Gasteiger partial charge on any atom is -0.369 e. The van der Waals surface area contributed by atoms with Crippen LogP contribution in [0.1, 0.15) is 11.1 Å². The predicted molar refractivity (Wildman–Crippen MR) is 133 cm³/mol. The summed E-state index contributed by atoms with van der Waals surface area (Å²) in [6.07, 6.45) is 4.66. The van der Waals surface area contributed by atoms with Crippen molar-refractivity contribution >= 4 is 28.5 Å². The number of aryl methyl sites for hydroxylation is 1. The number of fused-ring (bicyclic) bond motifs is 1. The van der Waals surface area contributed by atoms with Crippen LogP contribution in [0, 0.1) is 6.92 Å². The van der Waals surface area contributed by atoms with Gasteiger partial charge in [0.25, 0.3) is 0 Å². The monoisotopic (exact) mass is 438 g/mol. The van der Waals surface area contributed by atoms with Crippen molar-refractivity contribution in [1.29, 1.82) is 0 Å². The van der Waals surface area contributed by atoms with Crippen LogP contribution in [-0.2, 0) is 6.42 Å². The molecule has 2 aromatic heterocycles. The van der Waals surface area contributed by atoms with Crippen LogP contribution in [0.3, 0.4) is 0 Å². The molecule has 5 rings (SSSR count). The summed E-state index contributed by atoms with van der Waals surface area (Å²) < 4.78 is 2.09. The Morgan fingerprint density at radius 1 is 0.906 bits per heavy atom. The fraction of sp³-hybridized carbons (Fsp3) is 0.111. The third kappa shape index (κ3) is 3.97. The lowest BCUT2D eigenvalue weighted by Crippen LogP contribution is -2.07. The van der Waals surface area contributed by atoms with Crippen LogP contribution in [-0.4, -0.2) is 21.1 Å². The average Bonchev–Trinajstić information content (AvgIpc) is 3.23. The Balaban J connectivity index is 1.60. The molecule has 0 saturated heterocycles. The summed E-state index contributed by atoms with van der Waals surface area (Å²) in [5.41, 5.74) is 6.37. The summed E-state index contributed by atoms with van der Waals surface area (Å²) in [6.45, 7) is 2.79. The highest BCUT2D eigenvalue weighted by Gasteiger charge is 2.17. The number of aromatic nitrogens is 3. The largest absolute Gasteiger partial charge is 0.369 e. The van der Waals surface area contributed by atoms with Gasteiger partial charge in [0.05, 0.1) is 5.39 Å². The number of nitrogens with zero attached hydrogens (tertiary/aromatic N) is 3. The van der Waals surface area contributed by atoms with Crippen molar-refractivity contribution in [2.75, 3.05) is 11.9 Å². The lowest BCUT2D eigenvalue weighted by Gasteiger charge is -2.09. The van der Waals surface area contributed by atoms with Gasteiger partial charge in [-0.15, -0.1) is 0 Å². The maximum atomic E-state index is 6.44. The molecule has 0 aliphatic rings. The van der Waals surface area contributed by atoms with Gasteiger partial charge in [-0.2, -0.15) is 0 Å². The molecule has 0 fully saturated rings. The van der Waals surface area contributed by atoms with Gasteiger partial charge < -0.3 is 9.88 Å². The second-order valence-corrected chi connectivity index (χ2v) is 8.20. The van der Waals surface area contributed by atoms with Crippen LogP contribution >= 0.6 is 11.6 Å². The Kier molecular flexibility index (Phi) is 5.61. The van der Waals surface area contributed by atoms with Crippen LogP contribution in [0.25, 0.3) is 27.8 Å². The van der Waals surface area contributed by atoms with Crippen LogP contribution in [0.2, 0.25) is 5.02 Å². The van der Waals surface area contributed by atoms with Gasteiger partial charge in [-0.3, -0.25) is 0 Å². The molecule has 0 radical (unpaired) electrons. The molecular weight excluding hydrogens is 416 g/mol. The summed E-state index contributed by atoms with van der Waals surface area (Å²) >= 11 is 6.44. The van der Waals surface area contributed by atoms with E-state index >= 15 is 0 Å². The van der Waals surface area contributed by atoms with Gasteiger partial charge in [0.15, 0.2) is 5.65 Å². The van der Waals surface area contributed by atoms with E-state index in [-0.39, 0.29) is 0 Å². The van der Waals surface area contributed by atoms with E-state index in [9.17, 15) is 0 Å². The molecule has 1 N–H and O–H groups in total. The first kappa shape index (κ1) is 20.3. The van der Waals surface area contributed by atoms with Gasteiger partial charge >= 0.3 is 0 Å². The lowest BCUT2D eigenvalue weighted by molar-refractivity contribution is 1.00. The Bertz CT molecular complexity index is 1360. The molecule has 0 aliphatic carbocycles. The molecule has 0 aliphatic heterocycles. The van der Waals surface area contributed by atoms with Crippen LogP contribution in [0.15, 0.2) is 91.4 Å². The van der Waals surface area contributed by atoms with Crippen molar-refractivity contribution in [3.8, 4) is 16.8 Å². The predicted octanol–water partition coefficient (Wildman–Crippen LogP) is 6.70. The van der Waals surface area contributed by atoms with Gasteiger partial charge in [-0.25, -0.2) is 9.97 Å². The van der Waals surface area contributed by atoms with Gasteiger partial charge in [-0.05, 0) is 42.2 Å². The normalized spacial score (nSPS) is 11.1. The second-order valence-electron chi connectivity index (χ2n) is 7.80. The Morgan fingerprint density at radius 3 is 2.41 bits per heavy atom. The van der Waals surface area contributed by atoms with E-state index in [0.29, 0.717) is 0 Å². The van der Waals surface area contributed by atoms with E-state index in [2.05, 4.69) is 68.5 Å². The van der Waals surface area contributed by atoms with Gasteiger partial charge in [0.2, 0.25) is 0 Å². The highest BCUT2D eigenvalue weighted by atomic mass is 35.5. The molecule has 4 nitrogen and oxygen atoms in total. The third-order valence-electron chi connectivity index (χ3n) is 5.65. The van der Waals surface area contributed by atoms with Crippen molar-refractivity contribution in [3.63, 3.8) is 0 Å². The zero-order valence-electron chi connectivity index (χ0n) is 17.8. The highest BCUT2D eigenvalue weighted by Crippen LogP contribution is 2.35. The maximum Gasteiger partial charge on any atom is 0.150 e. The summed E-state index contributed by atoms with van der Waals surface area (Å²) in [7, 11) is 0. The van der Waals surface area contributed by atoms with Crippen molar-refractivity contribution in [2.45, 2.75) is 13.3 Å². The van der Waals surface area contributed by atoms with Gasteiger partial charge in [0, 0.05) is 29.0 Å². The van der Waals surface area contributed by atoms with Crippen molar-refractivity contribution in [3.05, 3.63) is 108 Å².